The van der Waals surface area contributed by atoms with Crippen molar-refractivity contribution in [1.29, 1.82) is 0 Å². The van der Waals surface area contributed by atoms with Crippen molar-refractivity contribution < 1.29 is 14.3 Å². The van der Waals surface area contributed by atoms with Crippen molar-refractivity contribution in [2.24, 2.45) is 5.92 Å². The van der Waals surface area contributed by atoms with Crippen molar-refractivity contribution in [3.8, 4) is 5.75 Å². The van der Waals surface area contributed by atoms with Gasteiger partial charge in [-0.25, -0.2) is 0 Å². The Labute approximate surface area is 186 Å². The van der Waals surface area contributed by atoms with Crippen LogP contribution in [0.3, 0.4) is 0 Å². The fraction of sp³-hybridized carbons (Fsp3) is 0.462. The average molecular weight is 425 g/mol. The van der Waals surface area contributed by atoms with Crippen LogP contribution in [0.25, 0.3) is 0 Å². The van der Waals surface area contributed by atoms with Crippen molar-refractivity contribution in [1.82, 2.24) is 10.2 Å². The van der Waals surface area contributed by atoms with Gasteiger partial charge in [-0.2, -0.15) is 0 Å². The highest BCUT2D eigenvalue weighted by atomic mass is 16.5. The molecular weight excluding hydrogens is 388 g/mol. The van der Waals surface area contributed by atoms with Gasteiger partial charge in [0.1, 0.15) is 11.8 Å². The van der Waals surface area contributed by atoms with Gasteiger partial charge in [-0.05, 0) is 54.5 Å². The van der Waals surface area contributed by atoms with E-state index in [1.54, 1.807) is 4.90 Å². The number of amides is 2. The minimum Gasteiger partial charge on any atom is -0.484 e. The molecule has 0 aromatic heterocycles. The summed E-state index contributed by atoms with van der Waals surface area (Å²) in [4.78, 5) is 27.8. The standard InChI is InChI=1S/C26H36N2O3/c1-6-21-12-14-23(15-13-21)31-18-25(29)28(17-22-11-9-8-10-20(22)5)24(7-2)26(30)27-16-19(3)4/h8-15,19,24H,6-7,16-18H2,1-5H3,(H,27,30)/t24-/m0/s1. The Bertz CT molecular complexity index is 846. The Balaban J connectivity index is 2.18. The van der Waals surface area contributed by atoms with E-state index in [9.17, 15) is 9.59 Å². The molecule has 0 spiro atoms. The second-order valence-corrected chi connectivity index (χ2v) is 8.30. The van der Waals surface area contributed by atoms with Crippen LogP contribution in [0.2, 0.25) is 0 Å². The largest absolute Gasteiger partial charge is 0.484 e. The first kappa shape index (κ1) is 24.4. The van der Waals surface area contributed by atoms with Crippen LogP contribution >= 0.6 is 0 Å². The summed E-state index contributed by atoms with van der Waals surface area (Å²) in [6.45, 7) is 11.0. The van der Waals surface area contributed by atoms with Crippen LogP contribution in [0.5, 0.6) is 5.75 Å². The third-order valence-corrected chi connectivity index (χ3v) is 5.37. The second kappa shape index (κ2) is 12.1. The Kier molecular flexibility index (Phi) is 9.57. The molecule has 2 aromatic carbocycles. The first-order valence-electron chi connectivity index (χ1n) is 11.2. The Morgan fingerprint density at radius 3 is 2.29 bits per heavy atom. The molecule has 0 fully saturated rings. The molecule has 0 heterocycles. The zero-order valence-electron chi connectivity index (χ0n) is 19.5. The summed E-state index contributed by atoms with van der Waals surface area (Å²) >= 11 is 0. The maximum atomic E-state index is 13.2. The number of hydrogen-bond acceptors (Lipinski definition) is 3. The third kappa shape index (κ3) is 7.42. The lowest BCUT2D eigenvalue weighted by Gasteiger charge is -2.31. The van der Waals surface area contributed by atoms with E-state index in [0.717, 1.165) is 17.5 Å². The van der Waals surface area contributed by atoms with Gasteiger partial charge in [-0.3, -0.25) is 9.59 Å². The van der Waals surface area contributed by atoms with Gasteiger partial charge in [0.25, 0.3) is 5.91 Å². The van der Waals surface area contributed by atoms with Crippen molar-refractivity contribution in [2.75, 3.05) is 13.2 Å². The minimum atomic E-state index is -0.545. The van der Waals surface area contributed by atoms with Gasteiger partial charge in [0, 0.05) is 13.1 Å². The van der Waals surface area contributed by atoms with Gasteiger partial charge < -0.3 is 15.0 Å². The fourth-order valence-electron chi connectivity index (χ4n) is 3.36. The summed E-state index contributed by atoms with van der Waals surface area (Å²) < 4.78 is 5.77. The minimum absolute atomic E-state index is 0.106. The number of ether oxygens (including phenoxy) is 1. The summed E-state index contributed by atoms with van der Waals surface area (Å²) in [7, 11) is 0. The highest BCUT2D eigenvalue weighted by Crippen LogP contribution is 2.17. The number of carbonyl (C=O) groups is 2. The summed E-state index contributed by atoms with van der Waals surface area (Å²) in [5.74, 6) is 0.676. The molecule has 0 saturated carbocycles. The molecule has 0 aliphatic heterocycles. The molecule has 5 heteroatoms. The average Bonchev–Trinajstić information content (AvgIpc) is 2.77. The van der Waals surface area contributed by atoms with Crippen LogP contribution in [0.15, 0.2) is 48.5 Å². The van der Waals surface area contributed by atoms with Gasteiger partial charge in [0.05, 0.1) is 0 Å². The van der Waals surface area contributed by atoms with E-state index in [4.69, 9.17) is 4.74 Å². The quantitative estimate of drug-likeness (QED) is 0.577. The summed E-state index contributed by atoms with van der Waals surface area (Å²) in [6.07, 6.45) is 1.49. The van der Waals surface area contributed by atoms with E-state index < -0.39 is 6.04 Å². The molecule has 0 aliphatic carbocycles. The van der Waals surface area contributed by atoms with Gasteiger partial charge >= 0.3 is 0 Å². The number of hydrogen-bond donors (Lipinski definition) is 1. The lowest BCUT2D eigenvalue weighted by Crippen LogP contribution is -2.50. The zero-order valence-corrected chi connectivity index (χ0v) is 19.5. The lowest BCUT2D eigenvalue weighted by molar-refractivity contribution is -0.143. The van der Waals surface area contributed by atoms with E-state index in [1.807, 2.05) is 62.4 Å². The molecule has 0 radical (unpaired) electrons. The lowest BCUT2D eigenvalue weighted by atomic mass is 10.1. The number of carbonyl (C=O) groups excluding carboxylic acids is 2. The van der Waals surface area contributed by atoms with Crippen LogP contribution in [-0.4, -0.2) is 35.9 Å². The Morgan fingerprint density at radius 1 is 1.03 bits per heavy atom. The van der Waals surface area contributed by atoms with Crippen molar-refractivity contribution in [3.63, 3.8) is 0 Å². The van der Waals surface area contributed by atoms with Gasteiger partial charge in [0.15, 0.2) is 6.61 Å². The maximum Gasteiger partial charge on any atom is 0.261 e. The summed E-state index contributed by atoms with van der Waals surface area (Å²) in [6, 6.07) is 15.2. The highest BCUT2D eigenvalue weighted by Gasteiger charge is 2.29. The monoisotopic (exact) mass is 424 g/mol. The highest BCUT2D eigenvalue weighted by molar-refractivity contribution is 5.88. The Morgan fingerprint density at radius 2 is 1.71 bits per heavy atom. The van der Waals surface area contributed by atoms with Crippen LogP contribution < -0.4 is 10.1 Å². The molecule has 1 atom stereocenters. The number of aryl methyl sites for hydroxylation is 2. The molecule has 1 N–H and O–H groups in total. The summed E-state index contributed by atoms with van der Waals surface area (Å²) in [5.41, 5.74) is 3.33. The first-order chi connectivity index (χ1) is 14.8. The third-order valence-electron chi connectivity index (χ3n) is 5.37. The number of benzene rings is 2. The van der Waals surface area contributed by atoms with E-state index >= 15 is 0 Å². The molecule has 0 unspecified atom stereocenters. The Hall–Kier alpha value is -2.82. The molecule has 2 rings (SSSR count). The number of nitrogens with zero attached hydrogens (tertiary/aromatic N) is 1. The van der Waals surface area contributed by atoms with Gasteiger partial charge in [0.2, 0.25) is 5.91 Å². The molecule has 168 valence electrons. The molecule has 5 nitrogen and oxygen atoms in total. The van der Waals surface area contributed by atoms with Crippen LogP contribution in [0, 0.1) is 12.8 Å². The molecule has 2 amide bonds. The smallest absolute Gasteiger partial charge is 0.261 e. The molecular formula is C26H36N2O3. The number of rotatable bonds is 11. The van der Waals surface area contributed by atoms with Crippen molar-refractivity contribution in [3.05, 3.63) is 65.2 Å². The second-order valence-electron chi connectivity index (χ2n) is 8.30. The van der Waals surface area contributed by atoms with Crippen LogP contribution in [0.4, 0.5) is 0 Å². The fourth-order valence-corrected chi connectivity index (χ4v) is 3.36. The van der Waals surface area contributed by atoms with Gasteiger partial charge in [-0.15, -0.1) is 0 Å². The van der Waals surface area contributed by atoms with E-state index in [0.29, 0.717) is 31.2 Å². The first-order valence-corrected chi connectivity index (χ1v) is 11.2. The maximum absolute atomic E-state index is 13.2. The van der Waals surface area contributed by atoms with Crippen LogP contribution in [-0.2, 0) is 22.6 Å². The van der Waals surface area contributed by atoms with E-state index in [2.05, 4.69) is 26.1 Å². The van der Waals surface area contributed by atoms with Crippen molar-refractivity contribution in [2.45, 2.75) is 60.0 Å². The molecule has 0 aliphatic rings. The van der Waals surface area contributed by atoms with Crippen LogP contribution in [0.1, 0.15) is 50.8 Å². The topological polar surface area (TPSA) is 58.6 Å². The summed E-state index contributed by atoms with van der Waals surface area (Å²) in [5, 5.41) is 2.98. The predicted molar refractivity (Wildman–Crippen MR) is 125 cm³/mol. The van der Waals surface area contributed by atoms with E-state index in [-0.39, 0.29) is 18.4 Å². The van der Waals surface area contributed by atoms with Gasteiger partial charge in [-0.1, -0.05) is 64.1 Å². The molecule has 0 saturated heterocycles. The number of nitrogens with one attached hydrogen (secondary N) is 1. The SMILES string of the molecule is CCc1ccc(OCC(=O)N(Cc2ccccc2C)[C@@H](CC)C(=O)NCC(C)C)cc1. The predicted octanol–water partition coefficient (Wildman–Crippen LogP) is 4.52. The zero-order chi connectivity index (χ0) is 22.8. The normalized spacial score (nSPS) is 11.8. The molecule has 2 aromatic rings. The van der Waals surface area contributed by atoms with E-state index in [1.165, 1.54) is 5.56 Å². The van der Waals surface area contributed by atoms with Crippen molar-refractivity contribution >= 4 is 11.8 Å². The molecule has 31 heavy (non-hydrogen) atoms. The molecule has 0 bridgehead atoms.